The third kappa shape index (κ3) is 6.44. The second-order valence-corrected chi connectivity index (χ2v) is 10.4. The first kappa shape index (κ1) is 25.6. The van der Waals surface area contributed by atoms with Crippen molar-refractivity contribution in [1.82, 2.24) is 14.9 Å². The molecule has 2 aliphatic heterocycles. The number of carbonyl (C=O) groups excluding carboxylic acids is 1. The van der Waals surface area contributed by atoms with Crippen LogP contribution in [0.15, 0.2) is 30.5 Å². The lowest BCUT2D eigenvalue weighted by molar-refractivity contribution is 0.0775. The molecule has 1 aromatic carbocycles. The van der Waals surface area contributed by atoms with Gasteiger partial charge in [-0.15, -0.1) is 0 Å². The Morgan fingerprint density at radius 3 is 2.38 bits per heavy atom. The zero-order valence-corrected chi connectivity index (χ0v) is 22.0. The summed E-state index contributed by atoms with van der Waals surface area (Å²) in [6, 6.07) is 8.92. The molecule has 0 bridgehead atoms. The molecular formula is C28H39N5O4. The minimum Gasteiger partial charge on any atom is -0.474 e. The highest BCUT2D eigenvalue weighted by Gasteiger charge is 2.26. The van der Waals surface area contributed by atoms with Crippen LogP contribution < -0.4 is 15.0 Å². The van der Waals surface area contributed by atoms with Crippen molar-refractivity contribution in [1.29, 1.82) is 0 Å². The average Bonchev–Trinajstić information content (AvgIpc) is 2.95. The van der Waals surface area contributed by atoms with Gasteiger partial charge in [0.2, 0.25) is 11.8 Å². The van der Waals surface area contributed by atoms with E-state index in [-0.39, 0.29) is 12.2 Å². The van der Waals surface area contributed by atoms with Crippen molar-refractivity contribution >= 4 is 17.7 Å². The van der Waals surface area contributed by atoms with Crippen molar-refractivity contribution in [2.45, 2.75) is 57.6 Å². The molecular weight excluding hydrogens is 470 g/mol. The number of ether oxygens (including phenoxy) is 3. The van der Waals surface area contributed by atoms with Crippen LogP contribution >= 0.6 is 0 Å². The molecule has 1 aromatic heterocycles. The fraction of sp³-hybridized carbons (Fsp3) is 0.607. The van der Waals surface area contributed by atoms with Gasteiger partial charge >= 0.3 is 6.09 Å². The van der Waals surface area contributed by atoms with Crippen molar-refractivity contribution in [2.75, 3.05) is 56.7 Å². The lowest BCUT2D eigenvalue weighted by Gasteiger charge is -2.31. The Bertz CT molecular complexity index is 1030. The number of methoxy groups -OCH3 is 1. The lowest BCUT2D eigenvalue weighted by Crippen LogP contribution is -2.41. The summed E-state index contributed by atoms with van der Waals surface area (Å²) in [7, 11) is 1.42. The monoisotopic (exact) mass is 509 g/mol. The minimum atomic E-state index is -0.283. The Morgan fingerprint density at radius 2 is 1.70 bits per heavy atom. The third-order valence-electron chi connectivity index (χ3n) is 7.81. The summed E-state index contributed by atoms with van der Waals surface area (Å²) in [5.74, 6) is 2.00. The molecule has 1 aliphatic carbocycles. The van der Waals surface area contributed by atoms with Gasteiger partial charge < -0.3 is 29.3 Å². The second-order valence-electron chi connectivity index (χ2n) is 10.4. The molecule has 0 unspecified atom stereocenters. The van der Waals surface area contributed by atoms with E-state index in [2.05, 4.69) is 46.4 Å². The standard InChI is InChI=1S/C28H39N5O4/c1-20-3-7-22(8-4-20)30-27-29-19-25(21-5-9-23(10-6-21)32-15-17-36-18-16-32)26(31-27)37-24-11-13-33(14-12-24)28(34)35-2/h5-6,9-10,19-20,22,24H,3-4,7-8,11-18H2,1-2H3,(H,29,30,31). The Morgan fingerprint density at radius 1 is 1.00 bits per heavy atom. The molecule has 3 heterocycles. The van der Waals surface area contributed by atoms with Gasteiger partial charge in [-0.05, 0) is 49.3 Å². The molecule has 3 fully saturated rings. The number of nitrogens with zero attached hydrogens (tertiary/aromatic N) is 4. The summed E-state index contributed by atoms with van der Waals surface area (Å²) in [6.07, 6.45) is 7.77. The quantitative estimate of drug-likeness (QED) is 0.605. The van der Waals surface area contributed by atoms with E-state index in [1.54, 1.807) is 4.90 Å². The molecule has 0 spiro atoms. The second kappa shape index (κ2) is 12.0. The molecule has 3 aliphatic rings. The van der Waals surface area contributed by atoms with Crippen LogP contribution in [0.25, 0.3) is 11.1 Å². The molecule has 1 saturated carbocycles. The summed E-state index contributed by atoms with van der Waals surface area (Å²) < 4.78 is 16.9. The number of morpholine rings is 1. The van der Waals surface area contributed by atoms with Gasteiger partial charge in [-0.2, -0.15) is 4.98 Å². The van der Waals surface area contributed by atoms with E-state index < -0.39 is 0 Å². The molecule has 0 atom stereocenters. The maximum absolute atomic E-state index is 11.9. The SMILES string of the molecule is COC(=O)N1CCC(Oc2nc(NC3CCC(C)CC3)ncc2-c2ccc(N3CCOCC3)cc2)CC1. The predicted molar refractivity (Wildman–Crippen MR) is 143 cm³/mol. The van der Waals surface area contributed by atoms with Crippen molar-refractivity contribution in [2.24, 2.45) is 5.92 Å². The number of aromatic nitrogens is 2. The van der Waals surface area contributed by atoms with Gasteiger partial charge in [0.05, 0.1) is 25.9 Å². The summed E-state index contributed by atoms with van der Waals surface area (Å²) in [5.41, 5.74) is 3.10. The molecule has 9 nitrogen and oxygen atoms in total. The van der Waals surface area contributed by atoms with Crippen molar-refractivity contribution in [3.63, 3.8) is 0 Å². The third-order valence-corrected chi connectivity index (χ3v) is 7.81. The highest BCUT2D eigenvalue weighted by molar-refractivity contribution is 5.71. The fourth-order valence-corrected chi connectivity index (χ4v) is 5.43. The Labute approximate surface area is 219 Å². The average molecular weight is 510 g/mol. The highest BCUT2D eigenvalue weighted by Crippen LogP contribution is 2.33. The normalized spacial score (nSPS) is 23.0. The van der Waals surface area contributed by atoms with Gasteiger partial charge in [0.1, 0.15) is 6.10 Å². The van der Waals surface area contributed by atoms with Gasteiger partial charge in [-0.1, -0.05) is 19.1 Å². The topological polar surface area (TPSA) is 89.0 Å². The largest absolute Gasteiger partial charge is 0.474 e. The van der Waals surface area contributed by atoms with Crippen LogP contribution in [0, 0.1) is 5.92 Å². The molecule has 2 aromatic rings. The van der Waals surface area contributed by atoms with Gasteiger partial charge in [-0.25, -0.2) is 9.78 Å². The molecule has 0 radical (unpaired) electrons. The first-order valence-electron chi connectivity index (χ1n) is 13.7. The van der Waals surface area contributed by atoms with Gasteiger partial charge in [0, 0.05) is 56.9 Å². The fourth-order valence-electron chi connectivity index (χ4n) is 5.43. The minimum absolute atomic E-state index is 0.0226. The maximum atomic E-state index is 11.9. The van der Waals surface area contributed by atoms with E-state index in [9.17, 15) is 4.79 Å². The van der Waals surface area contributed by atoms with Gasteiger partial charge in [0.25, 0.3) is 0 Å². The summed E-state index contributed by atoms with van der Waals surface area (Å²) >= 11 is 0. The number of hydrogen-bond donors (Lipinski definition) is 1. The Hall–Kier alpha value is -3.07. The van der Waals surface area contributed by atoms with E-state index in [1.165, 1.54) is 25.6 Å². The van der Waals surface area contributed by atoms with Crippen LogP contribution in [0.2, 0.25) is 0 Å². The van der Waals surface area contributed by atoms with Crippen molar-refractivity contribution in [3.05, 3.63) is 30.5 Å². The van der Waals surface area contributed by atoms with Crippen molar-refractivity contribution in [3.8, 4) is 17.0 Å². The molecule has 2 saturated heterocycles. The number of anilines is 2. The van der Waals surface area contributed by atoms with Crippen LogP contribution in [-0.4, -0.2) is 79.6 Å². The zero-order chi connectivity index (χ0) is 25.6. The number of carbonyl (C=O) groups is 1. The van der Waals surface area contributed by atoms with Crippen LogP contribution in [0.3, 0.4) is 0 Å². The molecule has 1 N–H and O–H groups in total. The van der Waals surface area contributed by atoms with Gasteiger partial charge in [0.15, 0.2) is 0 Å². The number of likely N-dealkylation sites (tertiary alicyclic amines) is 1. The molecule has 9 heteroatoms. The van der Waals surface area contributed by atoms with Crippen LogP contribution in [0.5, 0.6) is 5.88 Å². The highest BCUT2D eigenvalue weighted by atomic mass is 16.5. The number of hydrogen-bond acceptors (Lipinski definition) is 8. The Balaban J connectivity index is 1.34. The van der Waals surface area contributed by atoms with E-state index in [1.807, 2.05) is 6.20 Å². The number of amides is 1. The van der Waals surface area contributed by atoms with Crippen LogP contribution in [-0.2, 0) is 9.47 Å². The smallest absolute Gasteiger partial charge is 0.409 e. The number of benzene rings is 1. The van der Waals surface area contributed by atoms with Crippen LogP contribution in [0.4, 0.5) is 16.4 Å². The van der Waals surface area contributed by atoms with Crippen molar-refractivity contribution < 1.29 is 19.0 Å². The number of nitrogens with one attached hydrogen (secondary N) is 1. The zero-order valence-electron chi connectivity index (χ0n) is 22.0. The van der Waals surface area contributed by atoms with E-state index in [0.717, 1.165) is 69.0 Å². The molecule has 1 amide bonds. The Kier molecular flexibility index (Phi) is 8.28. The van der Waals surface area contributed by atoms with Crippen LogP contribution in [0.1, 0.15) is 45.4 Å². The first-order chi connectivity index (χ1) is 18.1. The van der Waals surface area contributed by atoms with E-state index >= 15 is 0 Å². The number of rotatable bonds is 6. The lowest BCUT2D eigenvalue weighted by atomic mass is 9.87. The van der Waals surface area contributed by atoms with E-state index in [0.29, 0.717) is 31.0 Å². The van der Waals surface area contributed by atoms with E-state index in [4.69, 9.17) is 19.2 Å². The molecule has 200 valence electrons. The summed E-state index contributed by atoms with van der Waals surface area (Å²) in [6.45, 7) is 6.87. The number of piperidine rings is 1. The molecule has 5 rings (SSSR count). The van der Waals surface area contributed by atoms with Gasteiger partial charge in [-0.3, -0.25) is 0 Å². The predicted octanol–water partition coefficient (Wildman–Crippen LogP) is 4.58. The summed E-state index contributed by atoms with van der Waals surface area (Å²) in [5, 5.41) is 3.55. The molecule has 37 heavy (non-hydrogen) atoms. The maximum Gasteiger partial charge on any atom is 0.409 e. The summed E-state index contributed by atoms with van der Waals surface area (Å²) in [4.78, 5) is 25.5. The first-order valence-corrected chi connectivity index (χ1v) is 13.7.